The van der Waals surface area contributed by atoms with E-state index in [2.05, 4.69) is 28.2 Å². The molecule has 0 spiro atoms. The van der Waals surface area contributed by atoms with Crippen molar-refractivity contribution >= 4 is 11.8 Å². The molecule has 1 aromatic carbocycles. The fourth-order valence-corrected chi connectivity index (χ4v) is 5.21. The molecule has 1 aliphatic carbocycles. The summed E-state index contributed by atoms with van der Waals surface area (Å²) in [5.74, 6) is 0.985. The van der Waals surface area contributed by atoms with Gasteiger partial charge >= 0.3 is 0 Å². The number of fused-ring (bicyclic) bond motifs is 1. The molecule has 1 aromatic heterocycles. The molecule has 2 aliphatic heterocycles. The highest BCUT2D eigenvalue weighted by molar-refractivity contribution is 5.95. The molecule has 0 radical (unpaired) electrons. The summed E-state index contributed by atoms with van der Waals surface area (Å²) in [6.07, 6.45) is 7.77. The Morgan fingerprint density at radius 3 is 2.64 bits per heavy atom. The molecule has 0 saturated carbocycles. The number of benzene rings is 1. The minimum atomic E-state index is -0.0318. The van der Waals surface area contributed by atoms with Crippen molar-refractivity contribution < 1.29 is 14.3 Å². The molecule has 174 valence electrons. The van der Waals surface area contributed by atoms with Gasteiger partial charge in [-0.05, 0) is 55.7 Å². The first-order valence-electron chi connectivity index (χ1n) is 12.2. The third-order valence-electron chi connectivity index (χ3n) is 7.20. The number of aryl methyl sites for hydroxylation is 3. The molecule has 2 aromatic rings. The van der Waals surface area contributed by atoms with E-state index in [0.29, 0.717) is 50.5 Å². The molecule has 3 aliphatic rings. The zero-order valence-electron chi connectivity index (χ0n) is 19.4. The Hall–Kier alpha value is -2.80. The van der Waals surface area contributed by atoms with Gasteiger partial charge in [0.15, 0.2) is 0 Å². The summed E-state index contributed by atoms with van der Waals surface area (Å²) in [7, 11) is 0. The number of carbonyl (C=O) groups excluding carboxylic acids is 2. The Bertz CT molecular complexity index is 1050. The van der Waals surface area contributed by atoms with Crippen LogP contribution in [0, 0.1) is 6.92 Å². The Morgan fingerprint density at radius 1 is 1.06 bits per heavy atom. The molecule has 1 unspecified atom stereocenters. The summed E-state index contributed by atoms with van der Waals surface area (Å²) in [6.45, 7) is 5.58. The van der Waals surface area contributed by atoms with Crippen LogP contribution in [-0.2, 0) is 28.8 Å². The van der Waals surface area contributed by atoms with Crippen molar-refractivity contribution in [3.8, 4) is 0 Å². The molecular formula is C26H32N4O3. The minimum absolute atomic E-state index is 0.0318. The van der Waals surface area contributed by atoms with Crippen molar-refractivity contribution in [1.82, 2.24) is 19.8 Å². The first-order chi connectivity index (χ1) is 16.1. The maximum Gasteiger partial charge on any atom is 0.257 e. The second kappa shape index (κ2) is 9.59. The molecule has 33 heavy (non-hydrogen) atoms. The van der Waals surface area contributed by atoms with Crippen molar-refractivity contribution in [2.45, 2.75) is 51.4 Å². The van der Waals surface area contributed by atoms with Gasteiger partial charge in [-0.15, -0.1) is 0 Å². The topological polar surface area (TPSA) is 75.6 Å². The number of likely N-dealkylation sites (tertiary alicyclic amines) is 1. The van der Waals surface area contributed by atoms with Crippen molar-refractivity contribution in [2.24, 2.45) is 0 Å². The lowest BCUT2D eigenvalue weighted by Gasteiger charge is -2.27. The van der Waals surface area contributed by atoms with Crippen LogP contribution in [0.4, 0.5) is 0 Å². The fraction of sp³-hybridized carbons (Fsp3) is 0.538. The molecule has 2 saturated heterocycles. The number of rotatable bonds is 4. The Labute approximate surface area is 195 Å². The molecular weight excluding hydrogens is 416 g/mol. The monoisotopic (exact) mass is 448 g/mol. The maximum atomic E-state index is 13.0. The van der Waals surface area contributed by atoms with Gasteiger partial charge < -0.3 is 14.5 Å². The van der Waals surface area contributed by atoms with Gasteiger partial charge in [0.1, 0.15) is 5.82 Å². The highest BCUT2D eigenvalue weighted by Gasteiger charge is 2.30. The average Bonchev–Trinajstić information content (AvgIpc) is 3.35. The van der Waals surface area contributed by atoms with E-state index < -0.39 is 0 Å². The van der Waals surface area contributed by atoms with Crippen molar-refractivity contribution in [3.63, 3.8) is 0 Å². The normalized spacial score (nSPS) is 20.6. The van der Waals surface area contributed by atoms with Gasteiger partial charge in [-0.3, -0.25) is 9.59 Å². The second-order valence-corrected chi connectivity index (χ2v) is 9.44. The summed E-state index contributed by atoms with van der Waals surface area (Å²) in [5, 5.41) is 0. The van der Waals surface area contributed by atoms with E-state index >= 15 is 0 Å². The van der Waals surface area contributed by atoms with Gasteiger partial charge in [-0.1, -0.05) is 18.2 Å². The summed E-state index contributed by atoms with van der Waals surface area (Å²) in [4.78, 5) is 38.7. The van der Waals surface area contributed by atoms with Crippen LogP contribution >= 0.6 is 0 Å². The van der Waals surface area contributed by atoms with Crippen LogP contribution in [0.5, 0.6) is 0 Å². The van der Waals surface area contributed by atoms with Gasteiger partial charge in [-0.25, -0.2) is 9.97 Å². The fourth-order valence-electron chi connectivity index (χ4n) is 5.21. The first kappa shape index (κ1) is 22.0. The molecule has 7 heteroatoms. The van der Waals surface area contributed by atoms with Crippen molar-refractivity contribution in [1.29, 1.82) is 0 Å². The number of hydrogen-bond acceptors (Lipinski definition) is 5. The standard InChI is InChI=1S/C26H32N4O3/c1-18-23(26(32)29-10-12-33-13-11-29)16-27-25(28-18)22-8-9-30(17-22)24(31)15-19-6-7-20-4-2-3-5-21(20)14-19/h6-7,14,16,22H,2-5,8-13,15,17H2,1H3. The lowest BCUT2D eigenvalue weighted by atomic mass is 9.90. The predicted molar refractivity (Wildman–Crippen MR) is 124 cm³/mol. The maximum absolute atomic E-state index is 13.0. The number of morpholine rings is 1. The average molecular weight is 449 g/mol. The zero-order chi connectivity index (χ0) is 22.8. The van der Waals surface area contributed by atoms with Crippen LogP contribution in [-0.4, -0.2) is 71.0 Å². The number of nitrogens with zero attached hydrogens (tertiary/aromatic N) is 4. The third kappa shape index (κ3) is 4.78. The molecule has 7 nitrogen and oxygen atoms in total. The van der Waals surface area contributed by atoms with E-state index in [0.717, 1.165) is 37.2 Å². The van der Waals surface area contributed by atoms with E-state index in [1.807, 2.05) is 11.8 Å². The lowest BCUT2D eigenvalue weighted by Crippen LogP contribution is -2.41. The molecule has 1 atom stereocenters. The third-order valence-corrected chi connectivity index (χ3v) is 7.20. The molecule has 3 heterocycles. The van der Waals surface area contributed by atoms with Crippen molar-refractivity contribution in [3.05, 3.63) is 58.2 Å². The SMILES string of the molecule is Cc1nc(C2CCN(C(=O)Cc3ccc4c(c3)CCCC4)C2)ncc1C(=O)N1CCOCC1. The Kier molecular flexibility index (Phi) is 6.40. The summed E-state index contributed by atoms with van der Waals surface area (Å²) >= 11 is 0. The van der Waals surface area contributed by atoms with Crippen molar-refractivity contribution in [2.75, 3.05) is 39.4 Å². The number of carbonyl (C=O) groups is 2. The highest BCUT2D eigenvalue weighted by atomic mass is 16.5. The Balaban J connectivity index is 1.21. The van der Waals surface area contributed by atoms with Crippen LogP contribution in [0.3, 0.4) is 0 Å². The molecule has 0 N–H and O–H groups in total. The van der Waals surface area contributed by atoms with E-state index in [-0.39, 0.29) is 17.7 Å². The molecule has 5 rings (SSSR count). The van der Waals surface area contributed by atoms with Gasteiger partial charge in [-0.2, -0.15) is 0 Å². The largest absolute Gasteiger partial charge is 0.378 e. The second-order valence-electron chi connectivity index (χ2n) is 9.44. The smallest absolute Gasteiger partial charge is 0.257 e. The summed E-state index contributed by atoms with van der Waals surface area (Å²) in [5.41, 5.74) is 5.24. The Morgan fingerprint density at radius 2 is 1.85 bits per heavy atom. The first-order valence-corrected chi connectivity index (χ1v) is 12.2. The molecule has 0 bridgehead atoms. The van der Waals surface area contributed by atoms with Crippen LogP contribution in [0.15, 0.2) is 24.4 Å². The van der Waals surface area contributed by atoms with Crippen LogP contribution in [0.2, 0.25) is 0 Å². The summed E-state index contributed by atoms with van der Waals surface area (Å²) in [6, 6.07) is 6.56. The van der Waals surface area contributed by atoms with E-state index in [1.54, 1.807) is 11.1 Å². The quantitative estimate of drug-likeness (QED) is 0.719. The number of hydrogen-bond donors (Lipinski definition) is 0. The van der Waals surface area contributed by atoms with Gasteiger partial charge in [0.2, 0.25) is 5.91 Å². The lowest BCUT2D eigenvalue weighted by molar-refractivity contribution is -0.129. The van der Waals surface area contributed by atoms with Crippen LogP contribution in [0.25, 0.3) is 0 Å². The van der Waals surface area contributed by atoms with Gasteiger partial charge in [0.25, 0.3) is 5.91 Å². The molecule has 2 fully saturated rings. The number of ether oxygens (including phenoxy) is 1. The predicted octanol–water partition coefficient (Wildman–Crippen LogP) is 2.69. The van der Waals surface area contributed by atoms with Gasteiger partial charge in [0, 0.05) is 38.3 Å². The van der Waals surface area contributed by atoms with Crippen LogP contribution < -0.4 is 0 Å². The minimum Gasteiger partial charge on any atom is -0.378 e. The van der Waals surface area contributed by atoms with E-state index in [1.165, 1.54) is 24.0 Å². The zero-order valence-corrected chi connectivity index (χ0v) is 19.4. The van der Waals surface area contributed by atoms with Crippen LogP contribution in [0.1, 0.15) is 63.7 Å². The van der Waals surface area contributed by atoms with Gasteiger partial charge in [0.05, 0.1) is 30.9 Å². The molecule has 2 amide bonds. The highest BCUT2D eigenvalue weighted by Crippen LogP contribution is 2.27. The summed E-state index contributed by atoms with van der Waals surface area (Å²) < 4.78 is 5.34. The van der Waals surface area contributed by atoms with E-state index in [4.69, 9.17) is 4.74 Å². The number of aromatic nitrogens is 2. The number of amides is 2. The van der Waals surface area contributed by atoms with E-state index in [9.17, 15) is 9.59 Å².